The van der Waals surface area contributed by atoms with E-state index in [1.807, 2.05) is 31.2 Å². The number of carbonyl (C=O) groups excluding carboxylic acids is 2. The van der Waals surface area contributed by atoms with Gasteiger partial charge in [0, 0.05) is 24.7 Å². The highest BCUT2D eigenvalue weighted by Gasteiger charge is 2.33. The smallest absolute Gasteiger partial charge is 0.271 e. The number of nitrogens with one attached hydrogen (secondary N) is 1. The SMILES string of the molecule is Cc1ccc(CN(C(=O)CN(c2cccc([N+](=O)[O-])c2)S(=O)(=O)c2ccccc2)[C@H](C)C(=O)NC(C)C)cc1. The first-order valence-corrected chi connectivity index (χ1v) is 13.8. The highest BCUT2D eigenvalue weighted by atomic mass is 32.2. The zero-order valence-corrected chi connectivity index (χ0v) is 23.1. The third-order valence-corrected chi connectivity index (χ3v) is 7.80. The fraction of sp³-hybridized carbons (Fsp3) is 0.286. The van der Waals surface area contributed by atoms with E-state index in [1.165, 1.54) is 35.2 Å². The van der Waals surface area contributed by atoms with Gasteiger partial charge in [0.05, 0.1) is 15.5 Å². The first-order chi connectivity index (χ1) is 18.4. The van der Waals surface area contributed by atoms with Gasteiger partial charge in [0.2, 0.25) is 11.8 Å². The first-order valence-electron chi connectivity index (χ1n) is 12.4. The summed E-state index contributed by atoms with van der Waals surface area (Å²) in [7, 11) is -4.31. The lowest BCUT2D eigenvalue weighted by atomic mass is 10.1. The molecule has 0 aromatic heterocycles. The molecule has 3 aromatic carbocycles. The molecule has 3 aromatic rings. The quantitative estimate of drug-likeness (QED) is 0.282. The van der Waals surface area contributed by atoms with Crippen LogP contribution in [-0.2, 0) is 26.2 Å². The van der Waals surface area contributed by atoms with Crippen molar-refractivity contribution in [3.8, 4) is 0 Å². The van der Waals surface area contributed by atoms with Crippen LogP contribution in [0.3, 0.4) is 0 Å². The van der Waals surface area contributed by atoms with E-state index >= 15 is 0 Å². The number of amides is 2. The number of carbonyl (C=O) groups is 2. The van der Waals surface area contributed by atoms with Crippen molar-refractivity contribution in [3.05, 3.63) is 100 Å². The molecule has 0 aliphatic heterocycles. The van der Waals surface area contributed by atoms with Crippen LogP contribution in [0.15, 0.2) is 83.8 Å². The van der Waals surface area contributed by atoms with Crippen molar-refractivity contribution in [1.82, 2.24) is 10.2 Å². The van der Waals surface area contributed by atoms with Crippen molar-refractivity contribution < 1.29 is 22.9 Å². The van der Waals surface area contributed by atoms with Crippen molar-refractivity contribution in [3.63, 3.8) is 0 Å². The molecule has 10 nitrogen and oxygen atoms in total. The molecule has 0 spiro atoms. The molecule has 0 fully saturated rings. The summed E-state index contributed by atoms with van der Waals surface area (Å²) in [5.74, 6) is -1.04. The van der Waals surface area contributed by atoms with E-state index in [0.717, 1.165) is 21.5 Å². The van der Waals surface area contributed by atoms with Crippen LogP contribution in [0.5, 0.6) is 0 Å². The number of benzene rings is 3. The van der Waals surface area contributed by atoms with Crippen molar-refractivity contribution in [2.24, 2.45) is 0 Å². The maximum Gasteiger partial charge on any atom is 0.271 e. The number of sulfonamides is 1. The molecule has 0 saturated carbocycles. The van der Waals surface area contributed by atoms with Crippen LogP contribution in [0.1, 0.15) is 31.9 Å². The minimum absolute atomic E-state index is 0.0454. The Morgan fingerprint density at radius 3 is 2.18 bits per heavy atom. The molecular weight excluding hydrogens is 520 g/mol. The fourth-order valence-electron chi connectivity index (χ4n) is 3.89. The second-order valence-electron chi connectivity index (χ2n) is 9.45. The Morgan fingerprint density at radius 2 is 1.59 bits per heavy atom. The predicted octanol–water partition coefficient (Wildman–Crippen LogP) is 4.04. The van der Waals surface area contributed by atoms with Gasteiger partial charge in [-0.3, -0.25) is 24.0 Å². The van der Waals surface area contributed by atoms with Gasteiger partial charge in [0.25, 0.3) is 15.7 Å². The molecule has 1 atom stereocenters. The van der Waals surface area contributed by atoms with E-state index in [0.29, 0.717) is 0 Å². The lowest BCUT2D eigenvalue weighted by molar-refractivity contribution is -0.384. The van der Waals surface area contributed by atoms with Crippen LogP contribution in [0.4, 0.5) is 11.4 Å². The van der Waals surface area contributed by atoms with Gasteiger partial charge in [0.15, 0.2) is 0 Å². The van der Waals surface area contributed by atoms with Gasteiger partial charge in [-0.15, -0.1) is 0 Å². The van der Waals surface area contributed by atoms with Crippen molar-refractivity contribution >= 4 is 33.2 Å². The van der Waals surface area contributed by atoms with E-state index in [2.05, 4.69) is 5.32 Å². The second kappa shape index (κ2) is 12.5. The molecule has 0 aliphatic rings. The average molecular weight is 553 g/mol. The third-order valence-electron chi connectivity index (χ3n) is 6.01. The maximum absolute atomic E-state index is 13.8. The Kier molecular flexibility index (Phi) is 9.42. The maximum atomic E-state index is 13.8. The van der Waals surface area contributed by atoms with Crippen LogP contribution in [-0.4, -0.2) is 48.7 Å². The normalized spacial score (nSPS) is 12.0. The van der Waals surface area contributed by atoms with Crippen LogP contribution in [0, 0.1) is 17.0 Å². The topological polar surface area (TPSA) is 130 Å². The van der Waals surface area contributed by atoms with Gasteiger partial charge in [0.1, 0.15) is 12.6 Å². The molecule has 3 rings (SSSR count). The highest BCUT2D eigenvalue weighted by molar-refractivity contribution is 7.92. The summed E-state index contributed by atoms with van der Waals surface area (Å²) in [6, 6.07) is 18.9. The number of hydrogen-bond acceptors (Lipinski definition) is 6. The van der Waals surface area contributed by atoms with Gasteiger partial charge >= 0.3 is 0 Å². The second-order valence-corrected chi connectivity index (χ2v) is 11.3. The summed E-state index contributed by atoms with van der Waals surface area (Å²) in [4.78, 5) is 38.8. The number of hydrogen-bond donors (Lipinski definition) is 1. The molecule has 0 bridgehead atoms. The lowest BCUT2D eigenvalue weighted by Crippen LogP contribution is -2.52. The van der Waals surface area contributed by atoms with E-state index < -0.39 is 39.3 Å². The number of anilines is 1. The zero-order chi connectivity index (χ0) is 28.7. The van der Waals surface area contributed by atoms with Crippen LogP contribution < -0.4 is 9.62 Å². The first kappa shape index (κ1) is 29.3. The number of nitro groups is 1. The van der Waals surface area contributed by atoms with Crippen LogP contribution in [0.25, 0.3) is 0 Å². The van der Waals surface area contributed by atoms with Gasteiger partial charge in [-0.25, -0.2) is 8.42 Å². The van der Waals surface area contributed by atoms with E-state index in [-0.39, 0.29) is 28.9 Å². The molecule has 2 amide bonds. The number of nitrogens with zero attached hydrogens (tertiary/aromatic N) is 3. The summed E-state index contributed by atoms with van der Waals surface area (Å²) < 4.78 is 28.3. The molecule has 0 radical (unpaired) electrons. The Hall–Kier alpha value is -4.25. The van der Waals surface area contributed by atoms with Crippen molar-refractivity contribution in [2.75, 3.05) is 10.8 Å². The Bertz CT molecular complexity index is 1430. The largest absolute Gasteiger partial charge is 0.352 e. The highest BCUT2D eigenvalue weighted by Crippen LogP contribution is 2.27. The molecule has 0 aliphatic carbocycles. The van der Waals surface area contributed by atoms with Gasteiger partial charge in [-0.1, -0.05) is 54.1 Å². The summed E-state index contributed by atoms with van der Waals surface area (Å²) in [6.07, 6.45) is 0. The molecule has 11 heteroatoms. The third kappa shape index (κ3) is 7.41. The molecular formula is C28H32N4O6S. The Balaban J connectivity index is 2.06. The minimum atomic E-state index is -4.31. The van der Waals surface area contributed by atoms with Crippen LogP contribution >= 0.6 is 0 Å². The number of non-ortho nitro benzene ring substituents is 1. The summed E-state index contributed by atoms with van der Waals surface area (Å²) in [6.45, 7) is 6.48. The average Bonchev–Trinajstić information content (AvgIpc) is 2.91. The van der Waals surface area contributed by atoms with Gasteiger partial charge < -0.3 is 10.2 Å². The lowest BCUT2D eigenvalue weighted by Gasteiger charge is -2.32. The van der Waals surface area contributed by atoms with E-state index in [9.17, 15) is 28.1 Å². The molecule has 1 N–H and O–H groups in total. The summed E-state index contributed by atoms with van der Waals surface area (Å²) in [5, 5.41) is 14.2. The molecule has 0 saturated heterocycles. The summed E-state index contributed by atoms with van der Waals surface area (Å²) >= 11 is 0. The van der Waals surface area contributed by atoms with Gasteiger partial charge in [-0.2, -0.15) is 0 Å². The predicted molar refractivity (Wildman–Crippen MR) is 149 cm³/mol. The number of nitro benzene ring substituents is 1. The Morgan fingerprint density at radius 1 is 0.949 bits per heavy atom. The fourth-order valence-corrected chi connectivity index (χ4v) is 5.32. The molecule has 0 heterocycles. The van der Waals surface area contributed by atoms with Crippen molar-refractivity contribution in [1.29, 1.82) is 0 Å². The van der Waals surface area contributed by atoms with Crippen molar-refractivity contribution in [2.45, 2.75) is 51.2 Å². The summed E-state index contributed by atoms with van der Waals surface area (Å²) in [5.41, 5.74) is 1.41. The number of rotatable bonds is 11. The Labute approximate surface area is 228 Å². The number of aryl methyl sites for hydroxylation is 1. The zero-order valence-electron chi connectivity index (χ0n) is 22.3. The monoisotopic (exact) mass is 552 g/mol. The molecule has 0 unspecified atom stereocenters. The minimum Gasteiger partial charge on any atom is -0.352 e. The van der Waals surface area contributed by atoms with Crippen LogP contribution in [0.2, 0.25) is 0 Å². The standard InChI is InChI=1S/C28H32N4O6S/c1-20(2)29-28(34)22(4)30(18-23-15-13-21(3)14-16-23)27(33)19-31(24-9-8-10-25(17-24)32(35)36)39(37,38)26-11-6-5-7-12-26/h5-17,20,22H,18-19H2,1-4H3,(H,29,34)/t22-/m1/s1. The molecule has 206 valence electrons. The molecule has 39 heavy (non-hydrogen) atoms. The van der Waals surface area contributed by atoms with Gasteiger partial charge in [-0.05, 0) is 51.5 Å². The van der Waals surface area contributed by atoms with E-state index in [4.69, 9.17) is 0 Å². The van der Waals surface area contributed by atoms with E-state index in [1.54, 1.807) is 39.0 Å².